The number of nitrogens with zero attached hydrogens (tertiary/aromatic N) is 1. The van der Waals surface area contributed by atoms with Gasteiger partial charge in [-0.3, -0.25) is 4.79 Å². The summed E-state index contributed by atoms with van der Waals surface area (Å²) in [7, 11) is -2.16. The molecule has 6 nitrogen and oxygen atoms in total. The van der Waals surface area contributed by atoms with Crippen molar-refractivity contribution in [1.29, 1.82) is 0 Å². The van der Waals surface area contributed by atoms with Crippen LogP contribution in [0.15, 0.2) is 42.3 Å². The van der Waals surface area contributed by atoms with E-state index in [1.165, 1.54) is 11.3 Å². The van der Waals surface area contributed by atoms with Gasteiger partial charge in [0.15, 0.2) is 0 Å². The van der Waals surface area contributed by atoms with Crippen molar-refractivity contribution in [1.82, 2.24) is 9.71 Å². The number of ether oxygens (including phenoxy) is 1. The van der Waals surface area contributed by atoms with Crippen LogP contribution in [0.1, 0.15) is 29.8 Å². The lowest BCUT2D eigenvalue weighted by molar-refractivity contribution is 0.0977. The summed E-state index contributed by atoms with van der Waals surface area (Å²) < 4.78 is 31.2. The van der Waals surface area contributed by atoms with Crippen molar-refractivity contribution in [3.8, 4) is 16.3 Å². The highest BCUT2D eigenvalue weighted by atomic mass is 32.2. The van der Waals surface area contributed by atoms with Gasteiger partial charge >= 0.3 is 0 Å². The van der Waals surface area contributed by atoms with Crippen molar-refractivity contribution in [3.63, 3.8) is 0 Å². The average Bonchev–Trinajstić information content (AvgIpc) is 3.22. The smallest absolute Gasteiger partial charge is 0.284 e. The fourth-order valence-electron chi connectivity index (χ4n) is 2.51. The van der Waals surface area contributed by atoms with E-state index in [2.05, 4.69) is 16.3 Å². The SMILES string of the molecule is C=CCC1(S(=O)(=O)NC(=O)c2csc(-c3ccc(OC)cc3)n2)CC1. The molecular formula is C17H18N2O4S2. The van der Waals surface area contributed by atoms with Crippen LogP contribution in [0.3, 0.4) is 0 Å². The van der Waals surface area contributed by atoms with E-state index in [0.29, 0.717) is 24.3 Å². The lowest BCUT2D eigenvalue weighted by Crippen LogP contribution is -2.39. The second-order valence-corrected chi connectivity index (χ2v) is 8.81. The minimum Gasteiger partial charge on any atom is -0.497 e. The number of carbonyl (C=O) groups excluding carboxylic acids is 1. The van der Waals surface area contributed by atoms with Crippen molar-refractivity contribution in [2.24, 2.45) is 0 Å². The number of amides is 1. The maximum Gasteiger partial charge on any atom is 0.284 e. The van der Waals surface area contributed by atoms with Crippen LogP contribution in [-0.4, -0.2) is 31.2 Å². The Hall–Kier alpha value is -2.19. The maximum atomic E-state index is 12.4. The molecule has 1 aromatic carbocycles. The summed E-state index contributed by atoms with van der Waals surface area (Å²) in [5.41, 5.74) is 0.923. The second kappa shape index (κ2) is 6.61. The molecule has 0 saturated heterocycles. The van der Waals surface area contributed by atoms with Gasteiger partial charge in [-0.25, -0.2) is 18.1 Å². The van der Waals surface area contributed by atoms with Crippen LogP contribution in [0.25, 0.3) is 10.6 Å². The summed E-state index contributed by atoms with van der Waals surface area (Å²) in [4.78, 5) is 16.5. The Bertz CT molecular complexity index is 897. The number of hydrogen-bond acceptors (Lipinski definition) is 6. The van der Waals surface area contributed by atoms with Crippen LogP contribution in [0.4, 0.5) is 0 Å². The molecule has 1 amide bonds. The van der Waals surface area contributed by atoms with E-state index in [1.807, 2.05) is 12.1 Å². The fourth-order valence-corrected chi connectivity index (χ4v) is 4.86. The number of hydrogen-bond donors (Lipinski definition) is 1. The standard InChI is InChI=1S/C17H18N2O4S2/c1-3-8-17(9-10-17)25(21,22)19-15(20)14-11-24-16(18-14)12-4-6-13(23-2)7-5-12/h3-7,11H,1,8-10H2,2H3,(H,19,20). The summed E-state index contributed by atoms with van der Waals surface area (Å²) in [6.07, 6.45) is 2.98. The summed E-state index contributed by atoms with van der Waals surface area (Å²) in [5, 5.41) is 2.19. The van der Waals surface area contributed by atoms with Gasteiger partial charge in [-0.2, -0.15) is 0 Å². The first kappa shape index (κ1) is 17.6. The molecule has 1 saturated carbocycles. The van der Waals surface area contributed by atoms with Gasteiger partial charge in [0.1, 0.15) is 16.5 Å². The maximum absolute atomic E-state index is 12.4. The Morgan fingerprint density at radius 3 is 2.64 bits per heavy atom. The van der Waals surface area contributed by atoms with Crippen molar-refractivity contribution >= 4 is 27.3 Å². The number of rotatable bonds is 7. The second-order valence-electron chi connectivity index (χ2n) is 5.88. The Balaban J connectivity index is 1.75. The topological polar surface area (TPSA) is 85.4 Å². The largest absolute Gasteiger partial charge is 0.497 e. The molecule has 2 aromatic rings. The molecule has 0 spiro atoms. The normalized spacial score (nSPS) is 15.4. The molecule has 25 heavy (non-hydrogen) atoms. The molecule has 1 aliphatic rings. The molecule has 132 valence electrons. The third-order valence-electron chi connectivity index (χ3n) is 4.19. The van der Waals surface area contributed by atoms with Gasteiger partial charge in [0.05, 0.1) is 11.9 Å². The predicted octanol–water partition coefficient (Wildman–Crippen LogP) is 2.99. The number of nitrogens with one attached hydrogen (secondary N) is 1. The lowest BCUT2D eigenvalue weighted by Gasteiger charge is -2.14. The Labute approximate surface area is 150 Å². The molecule has 8 heteroatoms. The minimum atomic E-state index is -3.75. The number of thiazole rings is 1. The molecule has 0 unspecified atom stereocenters. The lowest BCUT2D eigenvalue weighted by atomic mass is 10.2. The Kier molecular flexibility index (Phi) is 4.66. The number of benzene rings is 1. The van der Waals surface area contributed by atoms with Gasteiger partial charge in [-0.05, 0) is 43.5 Å². The molecule has 1 fully saturated rings. The van der Waals surface area contributed by atoms with Crippen LogP contribution in [0, 0.1) is 0 Å². The average molecular weight is 378 g/mol. The van der Waals surface area contributed by atoms with Crippen molar-refractivity contribution < 1.29 is 17.9 Å². The highest BCUT2D eigenvalue weighted by molar-refractivity contribution is 7.91. The van der Waals surface area contributed by atoms with E-state index in [4.69, 9.17) is 4.74 Å². The summed E-state index contributed by atoms with van der Waals surface area (Å²) in [6, 6.07) is 7.26. The van der Waals surface area contributed by atoms with Crippen LogP contribution in [0.2, 0.25) is 0 Å². The van der Waals surface area contributed by atoms with E-state index in [-0.39, 0.29) is 5.69 Å². The first-order chi connectivity index (χ1) is 11.9. The third kappa shape index (κ3) is 3.45. The van der Waals surface area contributed by atoms with Gasteiger partial charge in [0.2, 0.25) is 10.0 Å². The summed E-state index contributed by atoms with van der Waals surface area (Å²) in [5.74, 6) is 0.0210. The van der Waals surface area contributed by atoms with Crippen molar-refractivity contribution in [3.05, 3.63) is 48.0 Å². The number of methoxy groups -OCH3 is 1. The predicted molar refractivity (Wildman–Crippen MR) is 97.3 cm³/mol. The molecule has 0 aliphatic heterocycles. The van der Waals surface area contributed by atoms with Gasteiger partial charge in [-0.1, -0.05) is 6.08 Å². The summed E-state index contributed by atoms with van der Waals surface area (Å²) in [6.45, 7) is 3.59. The summed E-state index contributed by atoms with van der Waals surface area (Å²) >= 11 is 1.28. The third-order valence-corrected chi connectivity index (χ3v) is 7.26. The van der Waals surface area contributed by atoms with Gasteiger partial charge in [0.25, 0.3) is 5.91 Å². The molecule has 1 aliphatic carbocycles. The minimum absolute atomic E-state index is 0.0915. The first-order valence-electron chi connectivity index (χ1n) is 7.68. The molecule has 3 rings (SSSR count). The Morgan fingerprint density at radius 1 is 1.40 bits per heavy atom. The molecule has 0 bridgehead atoms. The molecule has 1 aromatic heterocycles. The van der Waals surface area contributed by atoms with Gasteiger partial charge < -0.3 is 4.74 Å². The van der Waals surface area contributed by atoms with Crippen LogP contribution in [0.5, 0.6) is 5.75 Å². The molecule has 0 radical (unpaired) electrons. The number of carbonyl (C=O) groups is 1. The Morgan fingerprint density at radius 2 is 2.08 bits per heavy atom. The number of aromatic nitrogens is 1. The number of sulfonamides is 1. The number of allylic oxidation sites excluding steroid dienone is 1. The van der Waals surface area contributed by atoms with E-state index in [0.717, 1.165) is 11.3 Å². The highest BCUT2D eigenvalue weighted by Crippen LogP contribution is 2.46. The zero-order chi connectivity index (χ0) is 18.1. The fraction of sp³-hybridized carbons (Fsp3) is 0.294. The van der Waals surface area contributed by atoms with Gasteiger partial charge in [-0.15, -0.1) is 17.9 Å². The van der Waals surface area contributed by atoms with Gasteiger partial charge in [0, 0.05) is 10.9 Å². The quantitative estimate of drug-likeness (QED) is 0.749. The van der Waals surface area contributed by atoms with Crippen molar-refractivity contribution in [2.75, 3.05) is 7.11 Å². The van der Waals surface area contributed by atoms with E-state index < -0.39 is 20.7 Å². The van der Waals surface area contributed by atoms with E-state index >= 15 is 0 Å². The molecule has 0 atom stereocenters. The zero-order valence-electron chi connectivity index (χ0n) is 13.7. The van der Waals surface area contributed by atoms with E-state index in [9.17, 15) is 13.2 Å². The molecule has 1 N–H and O–H groups in total. The molecular weight excluding hydrogens is 360 g/mol. The monoisotopic (exact) mass is 378 g/mol. The highest BCUT2D eigenvalue weighted by Gasteiger charge is 2.54. The molecule has 1 heterocycles. The first-order valence-corrected chi connectivity index (χ1v) is 10.0. The van der Waals surface area contributed by atoms with Crippen LogP contribution < -0.4 is 9.46 Å². The van der Waals surface area contributed by atoms with Crippen LogP contribution >= 0.6 is 11.3 Å². The van der Waals surface area contributed by atoms with Crippen LogP contribution in [-0.2, 0) is 10.0 Å². The zero-order valence-corrected chi connectivity index (χ0v) is 15.3. The van der Waals surface area contributed by atoms with E-state index in [1.54, 1.807) is 30.7 Å². The van der Waals surface area contributed by atoms with Crippen molar-refractivity contribution in [2.45, 2.75) is 24.0 Å².